The third-order valence-corrected chi connectivity index (χ3v) is 7.46. The minimum absolute atomic E-state index is 0.0105. The SMILES string of the molecule is COC(=O)c1ccccc1S(=O)(=O)N1CCC(C(=O)OCc2cc(C)ccc2OC)CC1. The average Bonchev–Trinajstić information content (AvgIpc) is 2.82. The molecular weight excluding hydrogens is 434 g/mol. The Bertz CT molecular complexity index is 1090. The van der Waals surface area contributed by atoms with Crippen LogP contribution < -0.4 is 4.74 Å². The van der Waals surface area contributed by atoms with Crippen LogP contribution in [-0.4, -0.2) is 52.0 Å². The summed E-state index contributed by atoms with van der Waals surface area (Å²) < 4.78 is 43.0. The molecule has 2 aromatic rings. The van der Waals surface area contributed by atoms with Crippen molar-refractivity contribution < 1.29 is 32.2 Å². The number of sulfonamides is 1. The summed E-state index contributed by atoms with van der Waals surface area (Å²) in [4.78, 5) is 24.5. The van der Waals surface area contributed by atoms with Gasteiger partial charge in [0.2, 0.25) is 10.0 Å². The maximum absolute atomic E-state index is 13.1. The van der Waals surface area contributed by atoms with E-state index >= 15 is 0 Å². The first kappa shape index (κ1) is 23.7. The monoisotopic (exact) mass is 461 g/mol. The van der Waals surface area contributed by atoms with Crippen LogP contribution in [-0.2, 0) is 30.9 Å². The van der Waals surface area contributed by atoms with E-state index in [1.54, 1.807) is 19.2 Å². The van der Waals surface area contributed by atoms with E-state index in [-0.39, 0.29) is 36.1 Å². The molecule has 3 rings (SSSR count). The zero-order valence-electron chi connectivity index (χ0n) is 18.4. The van der Waals surface area contributed by atoms with Gasteiger partial charge in [-0.25, -0.2) is 13.2 Å². The van der Waals surface area contributed by atoms with Crippen molar-refractivity contribution in [3.8, 4) is 5.75 Å². The van der Waals surface area contributed by atoms with Crippen molar-refractivity contribution in [3.63, 3.8) is 0 Å². The van der Waals surface area contributed by atoms with E-state index in [2.05, 4.69) is 0 Å². The summed E-state index contributed by atoms with van der Waals surface area (Å²) in [5, 5.41) is 0. The summed E-state index contributed by atoms with van der Waals surface area (Å²) in [5.41, 5.74) is 1.80. The average molecular weight is 462 g/mol. The van der Waals surface area contributed by atoms with Crippen molar-refractivity contribution >= 4 is 22.0 Å². The molecule has 0 spiro atoms. The van der Waals surface area contributed by atoms with Crippen molar-refractivity contribution in [1.82, 2.24) is 4.31 Å². The Balaban J connectivity index is 1.63. The maximum atomic E-state index is 13.1. The molecule has 9 heteroatoms. The molecule has 1 aliphatic rings. The van der Waals surface area contributed by atoms with E-state index in [0.717, 1.165) is 11.1 Å². The van der Waals surface area contributed by atoms with Gasteiger partial charge in [0.15, 0.2) is 0 Å². The molecule has 0 N–H and O–H groups in total. The normalized spacial score (nSPS) is 15.2. The highest BCUT2D eigenvalue weighted by atomic mass is 32.2. The van der Waals surface area contributed by atoms with Crippen LogP contribution in [0.3, 0.4) is 0 Å². The molecule has 0 radical (unpaired) electrons. The smallest absolute Gasteiger partial charge is 0.339 e. The standard InChI is InChI=1S/C23H27NO7S/c1-16-8-9-20(29-2)18(14-16)15-31-22(25)17-10-12-24(13-11-17)32(27,28)21-7-5-4-6-19(21)23(26)30-3/h4-9,14,17H,10-13,15H2,1-3H3. The highest BCUT2D eigenvalue weighted by Gasteiger charge is 2.34. The van der Waals surface area contributed by atoms with Gasteiger partial charge < -0.3 is 14.2 Å². The molecule has 0 unspecified atom stereocenters. The molecule has 0 amide bonds. The van der Waals surface area contributed by atoms with Gasteiger partial charge in [-0.3, -0.25) is 4.79 Å². The van der Waals surface area contributed by atoms with E-state index in [4.69, 9.17) is 14.2 Å². The molecule has 32 heavy (non-hydrogen) atoms. The lowest BCUT2D eigenvalue weighted by Crippen LogP contribution is -2.41. The second-order valence-electron chi connectivity index (χ2n) is 7.59. The molecule has 2 aromatic carbocycles. The third-order valence-electron chi connectivity index (χ3n) is 5.50. The number of hydrogen-bond acceptors (Lipinski definition) is 7. The van der Waals surface area contributed by atoms with Crippen LogP contribution in [0, 0.1) is 12.8 Å². The predicted octanol–water partition coefficient (Wildman–Crippen LogP) is 2.93. The topological polar surface area (TPSA) is 99.2 Å². The number of carbonyl (C=O) groups is 2. The number of esters is 2. The maximum Gasteiger partial charge on any atom is 0.339 e. The molecule has 0 aromatic heterocycles. The molecule has 0 saturated carbocycles. The number of nitrogens with zero attached hydrogens (tertiary/aromatic N) is 1. The fourth-order valence-electron chi connectivity index (χ4n) is 3.73. The highest BCUT2D eigenvalue weighted by molar-refractivity contribution is 7.89. The van der Waals surface area contributed by atoms with Crippen LogP contribution in [0.1, 0.15) is 34.3 Å². The summed E-state index contributed by atoms with van der Waals surface area (Å²) in [6.45, 7) is 2.35. The Morgan fingerprint density at radius 1 is 1.06 bits per heavy atom. The first-order valence-corrected chi connectivity index (χ1v) is 11.7. The number of hydrogen-bond donors (Lipinski definition) is 0. The summed E-state index contributed by atoms with van der Waals surface area (Å²) >= 11 is 0. The lowest BCUT2D eigenvalue weighted by molar-refractivity contribution is -0.151. The Kier molecular flexibility index (Phi) is 7.52. The lowest BCUT2D eigenvalue weighted by atomic mass is 9.98. The van der Waals surface area contributed by atoms with Gasteiger partial charge in [0.25, 0.3) is 0 Å². The van der Waals surface area contributed by atoms with Gasteiger partial charge >= 0.3 is 11.9 Å². The molecule has 0 bridgehead atoms. The molecule has 1 saturated heterocycles. The Morgan fingerprint density at radius 2 is 1.75 bits per heavy atom. The van der Waals surface area contributed by atoms with Crippen LogP contribution in [0.25, 0.3) is 0 Å². The predicted molar refractivity (Wildman–Crippen MR) is 117 cm³/mol. The molecule has 172 valence electrons. The number of piperidine rings is 1. The molecule has 8 nitrogen and oxygen atoms in total. The van der Waals surface area contributed by atoms with Crippen molar-refractivity contribution in [2.75, 3.05) is 27.3 Å². The van der Waals surface area contributed by atoms with Crippen molar-refractivity contribution in [2.24, 2.45) is 5.92 Å². The van der Waals surface area contributed by atoms with E-state index < -0.39 is 21.9 Å². The van der Waals surface area contributed by atoms with E-state index in [1.807, 2.05) is 25.1 Å². The number of methoxy groups -OCH3 is 2. The lowest BCUT2D eigenvalue weighted by Gasteiger charge is -2.30. The van der Waals surface area contributed by atoms with Crippen LogP contribution in [0.4, 0.5) is 0 Å². The van der Waals surface area contributed by atoms with Gasteiger partial charge in [0.1, 0.15) is 12.4 Å². The number of rotatable bonds is 7. The fourth-order valence-corrected chi connectivity index (χ4v) is 5.38. The van der Waals surface area contributed by atoms with Crippen molar-refractivity contribution in [1.29, 1.82) is 0 Å². The largest absolute Gasteiger partial charge is 0.496 e. The number of ether oxygens (including phenoxy) is 3. The molecule has 1 fully saturated rings. The van der Waals surface area contributed by atoms with E-state index in [0.29, 0.717) is 18.6 Å². The number of aryl methyl sites for hydroxylation is 1. The third kappa shape index (κ3) is 5.11. The number of carbonyl (C=O) groups excluding carboxylic acids is 2. The molecule has 0 atom stereocenters. The quantitative estimate of drug-likeness (QED) is 0.585. The van der Waals surface area contributed by atoms with Crippen LogP contribution in [0.5, 0.6) is 5.75 Å². The van der Waals surface area contributed by atoms with Gasteiger partial charge in [0, 0.05) is 18.7 Å². The van der Waals surface area contributed by atoms with Crippen LogP contribution in [0.15, 0.2) is 47.4 Å². The van der Waals surface area contributed by atoms with Crippen LogP contribution >= 0.6 is 0 Å². The molecule has 0 aliphatic carbocycles. The van der Waals surface area contributed by atoms with Gasteiger partial charge in [-0.05, 0) is 44.0 Å². The number of benzene rings is 2. The minimum Gasteiger partial charge on any atom is -0.496 e. The second kappa shape index (κ2) is 10.1. The summed E-state index contributed by atoms with van der Waals surface area (Å²) in [5.74, 6) is -0.823. The molecular formula is C23H27NO7S. The second-order valence-corrected chi connectivity index (χ2v) is 9.50. The summed E-state index contributed by atoms with van der Waals surface area (Å²) in [6.07, 6.45) is 0.673. The van der Waals surface area contributed by atoms with E-state index in [1.165, 1.54) is 23.5 Å². The Hall–Kier alpha value is -2.91. The first-order valence-electron chi connectivity index (χ1n) is 10.3. The molecule has 1 aliphatic heterocycles. The van der Waals surface area contributed by atoms with Gasteiger partial charge in [-0.15, -0.1) is 0 Å². The van der Waals surface area contributed by atoms with Gasteiger partial charge in [-0.1, -0.05) is 23.8 Å². The van der Waals surface area contributed by atoms with Crippen LogP contribution in [0.2, 0.25) is 0 Å². The van der Waals surface area contributed by atoms with Crippen molar-refractivity contribution in [3.05, 3.63) is 59.2 Å². The first-order chi connectivity index (χ1) is 15.3. The minimum atomic E-state index is -3.90. The van der Waals surface area contributed by atoms with Crippen molar-refractivity contribution in [2.45, 2.75) is 31.3 Å². The van der Waals surface area contributed by atoms with Gasteiger partial charge in [-0.2, -0.15) is 4.31 Å². The highest BCUT2D eigenvalue weighted by Crippen LogP contribution is 2.28. The summed E-state index contributed by atoms with van der Waals surface area (Å²) in [7, 11) is -1.14. The Morgan fingerprint density at radius 3 is 2.41 bits per heavy atom. The fraction of sp³-hybridized carbons (Fsp3) is 0.391. The summed E-state index contributed by atoms with van der Waals surface area (Å²) in [6, 6.07) is 11.6. The molecule has 1 heterocycles. The Labute approximate surface area is 188 Å². The zero-order chi connectivity index (χ0) is 23.3. The van der Waals surface area contributed by atoms with E-state index in [9.17, 15) is 18.0 Å². The van der Waals surface area contributed by atoms with Gasteiger partial charge in [0.05, 0.1) is 30.6 Å². The zero-order valence-corrected chi connectivity index (χ0v) is 19.2.